The minimum Gasteiger partial charge on any atom is -0.353 e. The van der Waals surface area contributed by atoms with Crippen molar-refractivity contribution in [1.82, 2.24) is 15.2 Å². The van der Waals surface area contributed by atoms with E-state index in [9.17, 15) is 13.2 Å². The molecule has 6 nitrogen and oxygen atoms in total. The van der Waals surface area contributed by atoms with Gasteiger partial charge in [-0.1, -0.05) is 18.2 Å². The molecule has 1 aliphatic heterocycles. The van der Waals surface area contributed by atoms with Gasteiger partial charge in [0.05, 0.1) is 16.7 Å². The summed E-state index contributed by atoms with van der Waals surface area (Å²) in [5.41, 5.74) is 0.656. The van der Waals surface area contributed by atoms with E-state index in [0.717, 1.165) is 0 Å². The number of benzene rings is 1. The molecule has 1 aliphatic rings. The molecular weight excluding hydrogens is 302 g/mol. The Morgan fingerprint density at radius 1 is 1.18 bits per heavy atom. The number of hydrogen-bond donors (Lipinski definition) is 2. The highest BCUT2D eigenvalue weighted by molar-refractivity contribution is 7.91. The predicted molar refractivity (Wildman–Crippen MR) is 82.2 cm³/mol. The van der Waals surface area contributed by atoms with Crippen molar-refractivity contribution in [2.45, 2.75) is 17.5 Å². The summed E-state index contributed by atoms with van der Waals surface area (Å²) in [5, 5.41) is 5.47. The summed E-state index contributed by atoms with van der Waals surface area (Å²) in [7, 11) is -3.30. The number of nitrogens with one attached hydrogen (secondary N) is 2. The van der Waals surface area contributed by atoms with E-state index < -0.39 is 15.9 Å². The van der Waals surface area contributed by atoms with Crippen LogP contribution >= 0.6 is 0 Å². The van der Waals surface area contributed by atoms with E-state index in [-0.39, 0.29) is 11.8 Å². The summed E-state index contributed by atoms with van der Waals surface area (Å²) >= 11 is 0. The SMILES string of the molecule is O=C(NCCn1cccc1)NC1CS(=O)(=O)c2ccccc21. The molecule has 1 aromatic heterocycles. The summed E-state index contributed by atoms with van der Waals surface area (Å²) < 4.78 is 26.0. The molecule has 0 fully saturated rings. The molecule has 2 heterocycles. The maximum absolute atomic E-state index is 12.0. The quantitative estimate of drug-likeness (QED) is 0.892. The highest BCUT2D eigenvalue weighted by Crippen LogP contribution is 2.32. The van der Waals surface area contributed by atoms with Gasteiger partial charge in [-0.15, -0.1) is 0 Å². The first-order valence-corrected chi connectivity index (χ1v) is 8.68. The van der Waals surface area contributed by atoms with Crippen LogP contribution in [0.5, 0.6) is 0 Å². The van der Waals surface area contributed by atoms with Crippen LogP contribution in [0.4, 0.5) is 4.79 Å². The van der Waals surface area contributed by atoms with Gasteiger partial charge in [0.1, 0.15) is 0 Å². The Morgan fingerprint density at radius 2 is 1.91 bits per heavy atom. The van der Waals surface area contributed by atoms with E-state index in [4.69, 9.17) is 0 Å². The summed E-state index contributed by atoms with van der Waals surface area (Å²) in [5.74, 6) is -0.0859. The molecule has 116 valence electrons. The van der Waals surface area contributed by atoms with Crippen LogP contribution in [0.15, 0.2) is 53.7 Å². The van der Waals surface area contributed by atoms with Crippen molar-refractivity contribution < 1.29 is 13.2 Å². The molecule has 0 spiro atoms. The lowest BCUT2D eigenvalue weighted by Gasteiger charge is -2.13. The molecule has 3 rings (SSSR count). The number of hydrogen-bond acceptors (Lipinski definition) is 3. The molecule has 0 radical (unpaired) electrons. The van der Waals surface area contributed by atoms with E-state index in [1.165, 1.54) is 0 Å². The van der Waals surface area contributed by atoms with Crippen LogP contribution in [-0.4, -0.2) is 31.3 Å². The molecular formula is C15H17N3O3S. The number of fused-ring (bicyclic) bond motifs is 1. The zero-order valence-electron chi connectivity index (χ0n) is 11.9. The minimum atomic E-state index is -3.30. The normalized spacial score (nSPS) is 18.6. The van der Waals surface area contributed by atoms with Crippen molar-refractivity contribution in [1.29, 1.82) is 0 Å². The number of carbonyl (C=O) groups is 1. The molecule has 0 aliphatic carbocycles. The van der Waals surface area contributed by atoms with E-state index in [1.54, 1.807) is 24.3 Å². The standard InChI is InChI=1S/C15H17N3O3S/c19-15(16-7-10-18-8-3-4-9-18)17-13-11-22(20,21)14-6-2-1-5-12(13)14/h1-6,8-9,13H,7,10-11H2,(H2,16,17,19). The number of amides is 2. The lowest BCUT2D eigenvalue weighted by Crippen LogP contribution is -2.39. The maximum Gasteiger partial charge on any atom is 0.315 e. The summed E-state index contributed by atoms with van der Waals surface area (Å²) in [6.07, 6.45) is 3.83. The van der Waals surface area contributed by atoms with Gasteiger partial charge < -0.3 is 15.2 Å². The Bertz CT molecular complexity index is 769. The highest BCUT2D eigenvalue weighted by Gasteiger charge is 2.35. The Kier molecular flexibility index (Phi) is 3.89. The summed E-state index contributed by atoms with van der Waals surface area (Å²) in [6, 6.07) is 9.77. The third-order valence-electron chi connectivity index (χ3n) is 3.64. The average Bonchev–Trinajstić information content (AvgIpc) is 3.07. The molecule has 1 atom stereocenters. The van der Waals surface area contributed by atoms with Crippen LogP contribution in [0, 0.1) is 0 Å². The largest absolute Gasteiger partial charge is 0.353 e. The van der Waals surface area contributed by atoms with Gasteiger partial charge in [-0.2, -0.15) is 0 Å². The molecule has 0 bridgehead atoms. The van der Waals surface area contributed by atoms with Crippen LogP contribution in [-0.2, 0) is 16.4 Å². The van der Waals surface area contributed by atoms with Gasteiger partial charge in [0.25, 0.3) is 0 Å². The summed E-state index contributed by atoms with van der Waals surface area (Å²) in [4.78, 5) is 12.2. The number of urea groups is 1. The molecule has 0 saturated heterocycles. The van der Waals surface area contributed by atoms with Crippen molar-refractivity contribution in [3.63, 3.8) is 0 Å². The van der Waals surface area contributed by atoms with E-state index in [2.05, 4.69) is 10.6 Å². The molecule has 1 unspecified atom stereocenters. The topological polar surface area (TPSA) is 80.2 Å². The third kappa shape index (κ3) is 2.99. The van der Waals surface area contributed by atoms with Crippen molar-refractivity contribution in [3.05, 3.63) is 54.4 Å². The fourth-order valence-corrected chi connectivity index (χ4v) is 4.33. The lowest BCUT2D eigenvalue weighted by atomic mass is 10.1. The van der Waals surface area contributed by atoms with Crippen LogP contribution in [0.2, 0.25) is 0 Å². The van der Waals surface area contributed by atoms with Crippen molar-refractivity contribution in [3.8, 4) is 0 Å². The first-order chi connectivity index (χ1) is 10.6. The van der Waals surface area contributed by atoms with E-state index in [0.29, 0.717) is 23.5 Å². The molecule has 1 aromatic carbocycles. The second-order valence-corrected chi connectivity index (χ2v) is 7.20. The fourth-order valence-electron chi connectivity index (χ4n) is 2.60. The zero-order valence-corrected chi connectivity index (χ0v) is 12.7. The van der Waals surface area contributed by atoms with Gasteiger partial charge >= 0.3 is 6.03 Å². The molecule has 0 saturated carbocycles. The molecule has 7 heteroatoms. The van der Waals surface area contributed by atoms with Gasteiger partial charge in [0, 0.05) is 25.5 Å². The van der Waals surface area contributed by atoms with Gasteiger partial charge in [-0.25, -0.2) is 13.2 Å². The Labute approximate surface area is 129 Å². The predicted octanol–water partition coefficient (Wildman–Crippen LogP) is 1.32. The van der Waals surface area contributed by atoms with Crippen LogP contribution < -0.4 is 10.6 Å². The van der Waals surface area contributed by atoms with E-state index >= 15 is 0 Å². The second-order valence-electron chi connectivity index (χ2n) is 5.19. The Morgan fingerprint density at radius 3 is 2.68 bits per heavy atom. The average molecular weight is 319 g/mol. The number of carbonyl (C=O) groups excluding carboxylic acids is 1. The minimum absolute atomic E-state index is 0.0859. The van der Waals surface area contributed by atoms with Crippen LogP contribution in [0.1, 0.15) is 11.6 Å². The summed E-state index contributed by atoms with van der Waals surface area (Å²) in [6.45, 7) is 1.14. The highest BCUT2D eigenvalue weighted by atomic mass is 32.2. The molecule has 2 amide bonds. The van der Waals surface area contributed by atoms with Gasteiger partial charge in [-0.05, 0) is 23.8 Å². The number of nitrogens with zero attached hydrogens (tertiary/aromatic N) is 1. The van der Waals surface area contributed by atoms with E-state index in [1.807, 2.05) is 29.1 Å². The van der Waals surface area contributed by atoms with Crippen LogP contribution in [0.3, 0.4) is 0 Å². The molecule has 2 N–H and O–H groups in total. The van der Waals surface area contributed by atoms with Gasteiger partial charge in [0.15, 0.2) is 9.84 Å². The molecule has 2 aromatic rings. The number of sulfone groups is 1. The van der Waals surface area contributed by atoms with Crippen molar-refractivity contribution in [2.24, 2.45) is 0 Å². The Balaban J connectivity index is 1.58. The third-order valence-corrected chi connectivity index (χ3v) is 5.46. The van der Waals surface area contributed by atoms with Gasteiger partial charge in [0.2, 0.25) is 0 Å². The molecule has 22 heavy (non-hydrogen) atoms. The monoisotopic (exact) mass is 319 g/mol. The number of aromatic nitrogens is 1. The van der Waals surface area contributed by atoms with Crippen molar-refractivity contribution in [2.75, 3.05) is 12.3 Å². The number of rotatable bonds is 4. The maximum atomic E-state index is 12.0. The van der Waals surface area contributed by atoms with Crippen molar-refractivity contribution >= 4 is 15.9 Å². The smallest absolute Gasteiger partial charge is 0.315 e. The fraction of sp³-hybridized carbons (Fsp3) is 0.267. The first-order valence-electron chi connectivity index (χ1n) is 7.03. The lowest BCUT2D eigenvalue weighted by molar-refractivity contribution is 0.237. The van der Waals surface area contributed by atoms with Gasteiger partial charge in [-0.3, -0.25) is 0 Å². The first kappa shape index (κ1) is 14.6. The zero-order chi connectivity index (χ0) is 15.6. The van der Waals surface area contributed by atoms with Crippen LogP contribution in [0.25, 0.3) is 0 Å². The Hall–Kier alpha value is -2.28. The second kappa shape index (κ2) is 5.84.